The average molecular weight is 302 g/mol. The van der Waals surface area contributed by atoms with Crippen molar-refractivity contribution in [1.82, 2.24) is 10.3 Å². The van der Waals surface area contributed by atoms with Gasteiger partial charge in [0.05, 0.1) is 22.7 Å². The molecule has 2 heterocycles. The highest BCUT2D eigenvalue weighted by molar-refractivity contribution is 7.91. The first kappa shape index (κ1) is 14.9. The summed E-state index contributed by atoms with van der Waals surface area (Å²) >= 11 is 1.58. The van der Waals surface area contributed by atoms with Gasteiger partial charge in [-0.15, -0.1) is 11.3 Å². The fraction of sp³-hybridized carbons (Fsp3) is 0.769. The van der Waals surface area contributed by atoms with Crippen molar-refractivity contribution in [2.24, 2.45) is 0 Å². The highest BCUT2D eigenvalue weighted by Gasteiger charge is 2.45. The van der Waals surface area contributed by atoms with Crippen molar-refractivity contribution in [3.63, 3.8) is 0 Å². The molecule has 0 spiro atoms. The van der Waals surface area contributed by atoms with Gasteiger partial charge in [-0.05, 0) is 26.2 Å². The van der Waals surface area contributed by atoms with E-state index in [-0.39, 0.29) is 17.5 Å². The Hall–Kier alpha value is -0.460. The Labute approximate surface area is 119 Å². The minimum absolute atomic E-state index is 0.170. The van der Waals surface area contributed by atoms with Crippen molar-refractivity contribution in [1.29, 1.82) is 0 Å². The molecule has 108 valence electrons. The van der Waals surface area contributed by atoms with E-state index in [4.69, 9.17) is 0 Å². The van der Waals surface area contributed by atoms with E-state index in [1.54, 1.807) is 11.3 Å². The van der Waals surface area contributed by atoms with Crippen LogP contribution >= 0.6 is 11.3 Å². The van der Waals surface area contributed by atoms with E-state index in [0.717, 1.165) is 10.7 Å². The second-order valence-corrected chi connectivity index (χ2v) is 9.00. The van der Waals surface area contributed by atoms with Gasteiger partial charge in [-0.2, -0.15) is 0 Å². The van der Waals surface area contributed by atoms with Gasteiger partial charge in [0.2, 0.25) is 0 Å². The summed E-state index contributed by atoms with van der Waals surface area (Å²) in [4.78, 5) is 4.67. The van der Waals surface area contributed by atoms with Gasteiger partial charge in [-0.25, -0.2) is 13.4 Å². The fourth-order valence-electron chi connectivity index (χ4n) is 2.52. The molecule has 19 heavy (non-hydrogen) atoms. The monoisotopic (exact) mass is 302 g/mol. The molecule has 0 saturated carbocycles. The van der Waals surface area contributed by atoms with Crippen LogP contribution in [0.25, 0.3) is 0 Å². The first-order valence-electron chi connectivity index (χ1n) is 6.68. The predicted octanol–water partition coefficient (Wildman–Crippen LogP) is 2.28. The van der Waals surface area contributed by atoms with Crippen LogP contribution < -0.4 is 5.32 Å². The fourth-order valence-corrected chi connectivity index (χ4v) is 5.70. The lowest BCUT2D eigenvalue weighted by Gasteiger charge is -2.29. The molecule has 1 saturated heterocycles. The zero-order valence-electron chi connectivity index (χ0n) is 11.9. The maximum absolute atomic E-state index is 11.9. The van der Waals surface area contributed by atoms with Gasteiger partial charge >= 0.3 is 0 Å². The first-order valence-corrected chi connectivity index (χ1v) is 9.38. The standard InChI is InChI=1S/C13H22N2O2S2/c1-9(2)11-7-18-12(14-11)13(15-10(3)4)5-6-19(16,17)8-13/h7,9-10,15H,5-6,8H2,1-4H3. The van der Waals surface area contributed by atoms with Gasteiger partial charge in [0.15, 0.2) is 9.84 Å². The van der Waals surface area contributed by atoms with E-state index < -0.39 is 15.4 Å². The van der Waals surface area contributed by atoms with E-state index in [1.165, 1.54) is 0 Å². The summed E-state index contributed by atoms with van der Waals surface area (Å²) in [6.07, 6.45) is 0.624. The van der Waals surface area contributed by atoms with Crippen molar-refractivity contribution in [3.05, 3.63) is 16.1 Å². The largest absolute Gasteiger partial charge is 0.302 e. The molecule has 0 radical (unpaired) electrons. The van der Waals surface area contributed by atoms with Gasteiger partial charge in [0.1, 0.15) is 5.01 Å². The van der Waals surface area contributed by atoms with Crippen LogP contribution in [0.4, 0.5) is 0 Å². The number of nitrogens with zero attached hydrogens (tertiary/aromatic N) is 1. The van der Waals surface area contributed by atoms with Gasteiger partial charge in [0, 0.05) is 11.4 Å². The molecule has 1 fully saturated rings. The second kappa shape index (κ2) is 5.14. The first-order chi connectivity index (χ1) is 8.74. The molecule has 1 aliphatic heterocycles. The number of rotatable bonds is 4. The maximum atomic E-state index is 11.9. The van der Waals surface area contributed by atoms with Crippen LogP contribution in [0.15, 0.2) is 5.38 Å². The van der Waals surface area contributed by atoms with Crippen molar-refractivity contribution in [2.75, 3.05) is 11.5 Å². The van der Waals surface area contributed by atoms with Crippen molar-refractivity contribution in [3.8, 4) is 0 Å². The molecule has 0 aliphatic carbocycles. The summed E-state index contributed by atoms with van der Waals surface area (Å²) in [6.45, 7) is 8.30. The van der Waals surface area contributed by atoms with Crippen LogP contribution in [0.5, 0.6) is 0 Å². The average Bonchev–Trinajstić information content (AvgIpc) is 2.83. The minimum Gasteiger partial charge on any atom is -0.302 e. The van der Waals surface area contributed by atoms with E-state index >= 15 is 0 Å². The number of nitrogens with one attached hydrogen (secondary N) is 1. The molecule has 6 heteroatoms. The number of hydrogen-bond acceptors (Lipinski definition) is 5. The third-order valence-corrected chi connectivity index (χ3v) is 6.22. The molecule has 2 rings (SSSR count). The van der Waals surface area contributed by atoms with Crippen LogP contribution in [0.2, 0.25) is 0 Å². The van der Waals surface area contributed by atoms with E-state index in [9.17, 15) is 8.42 Å². The van der Waals surface area contributed by atoms with E-state index in [2.05, 4.69) is 29.5 Å². The molecule has 0 amide bonds. The zero-order chi connectivity index (χ0) is 14.3. The van der Waals surface area contributed by atoms with Crippen LogP contribution in [-0.2, 0) is 15.4 Å². The Kier molecular flexibility index (Phi) is 4.05. The van der Waals surface area contributed by atoms with Crippen LogP contribution in [0.1, 0.15) is 50.7 Å². The maximum Gasteiger partial charge on any atom is 0.152 e. The molecular weight excluding hydrogens is 280 g/mol. The summed E-state index contributed by atoms with van der Waals surface area (Å²) in [5, 5.41) is 6.42. The predicted molar refractivity (Wildman–Crippen MR) is 79.4 cm³/mol. The van der Waals surface area contributed by atoms with Crippen molar-refractivity contribution >= 4 is 21.2 Å². The molecular formula is C13H22N2O2S2. The molecule has 1 aliphatic rings. The van der Waals surface area contributed by atoms with Crippen LogP contribution in [0.3, 0.4) is 0 Å². The summed E-state index contributed by atoms with van der Waals surface area (Å²) < 4.78 is 23.8. The SMILES string of the molecule is CC(C)NC1(c2nc(C(C)C)cs2)CCS(=O)(=O)C1. The van der Waals surface area contributed by atoms with Crippen molar-refractivity contribution in [2.45, 2.75) is 51.6 Å². The lowest BCUT2D eigenvalue weighted by atomic mass is 9.98. The zero-order valence-corrected chi connectivity index (χ0v) is 13.6. The normalized spacial score (nSPS) is 26.4. The van der Waals surface area contributed by atoms with E-state index in [1.807, 2.05) is 13.8 Å². The molecule has 0 aromatic carbocycles. The molecule has 1 aromatic heterocycles. The molecule has 1 N–H and O–H groups in total. The van der Waals surface area contributed by atoms with Crippen LogP contribution in [-0.4, -0.2) is 30.9 Å². The van der Waals surface area contributed by atoms with Gasteiger partial charge in [-0.1, -0.05) is 13.8 Å². The number of hydrogen-bond donors (Lipinski definition) is 1. The minimum atomic E-state index is -2.95. The molecule has 1 unspecified atom stereocenters. The highest BCUT2D eigenvalue weighted by atomic mass is 32.2. The second-order valence-electron chi connectivity index (χ2n) is 5.96. The quantitative estimate of drug-likeness (QED) is 0.927. The summed E-state index contributed by atoms with van der Waals surface area (Å²) in [5.41, 5.74) is 0.569. The van der Waals surface area contributed by atoms with Crippen molar-refractivity contribution < 1.29 is 8.42 Å². The smallest absolute Gasteiger partial charge is 0.152 e. The van der Waals surface area contributed by atoms with E-state index in [0.29, 0.717) is 12.3 Å². The topological polar surface area (TPSA) is 59.1 Å². The Morgan fingerprint density at radius 1 is 1.37 bits per heavy atom. The summed E-state index contributed by atoms with van der Waals surface area (Å²) in [7, 11) is -2.95. The number of thiazole rings is 1. The third kappa shape index (κ3) is 3.17. The van der Waals surface area contributed by atoms with Gasteiger partial charge in [-0.3, -0.25) is 0 Å². The Bertz CT molecular complexity index is 549. The summed E-state index contributed by atoms with van der Waals surface area (Å²) in [6, 6.07) is 0.236. The Balaban J connectivity index is 2.38. The Morgan fingerprint density at radius 2 is 2.05 bits per heavy atom. The third-order valence-electron chi connectivity index (χ3n) is 3.39. The number of sulfone groups is 1. The number of aromatic nitrogens is 1. The van der Waals surface area contributed by atoms with Gasteiger partial charge < -0.3 is 5.32 Å². The summed E-state index contributed by atoms with van der Waals surface area (Å²) in [5.74, 6) is 0.797. The highest BCUT2D eigenvalue weighted by Crippen LogP contribution is 2.36. The molecule has 4 nitrogen and oxygen atoms in total. The molecule has 0 bridgehead atoms. The lowest BCUT2D eigenvalue weighted by molar-refractivity contribution is 0.340. The van der Waals surface area contributed by atoms with Gasteiger partial charge in [0.25, 0.3) is 0 Å². The molecule has 1 atom stereocenters. The Morgan fingerprint density at radius 3 is 2.47 bits per heavy atom. The van der Waals surface area contributed by atoms with Crippen LogP contribution in [0, 0.1) is 0 Å². The molecule has 1 aromatic rings. The lowest BCUT2D eigenvalue weighted by Crippen LogP contribution is -2.47.